The first kappa shape index (κ1) is 14.6. The molecule has 0 saturated heterocycles. The molecule has 3 aromatic heterocycles. The second-order valence-electron chi connectivity index (χ2n) is 5.25. The Morgan fingerprint density at radius 3 is 2.71 bits per heavy atom. The minimum Gasteiger partial charge on any atom is -0.368 e. The Morgan fingerprint density at radius 1 is 1.08 bits per heavy atom. The predicted octanol–water partition coefficient (Wildman–Crippen LogP) is 3.23. The first-order chi connectivity index (χ1) is 11.7. The van der Waals surface area contributed by atoms with E-state index in [-0.39, 0.29) is 5.95 Å². The largest absolute Gasteiger partial charge is 0.368 e. The topological polar surface area (TPSA) is 82.0 Å². The molecule has 1 aromatic carbocycles. The Labute approximate surface area is 142 Å². The number of rotatable bonds is 3. The number of anilines is 1. The lowest BCUT2D eigenvalue weighted by atomic mass is 10.2. The van der Waals surface area contributed by atoms with Crippen molar-refractivity contribution >= 4 is 23.2 Å². The second-order valence-corrected chi connectivity index (χ2v) is 6.34. The van der Waals surface area contributed by atoms with Crippen molar-refractivity contribution in [1.29, 1.82) is 0 Å². The van der Waals surface area contributed by atoms with Gasteiger partial charge in [0.15, 0.2) is 0 Å². The normalized spacial score (nSPS) is 11.0. The average Bonchev–Trinajstić information content (AvgIpc) is 2.93. The lowest BCUT2D eigenvalue weighted by Gasteiger charge is -2.01. The quantitative estimate of drug-likeness (QED) is 0.579. The van der Waals surface area contributed by atoms with Crippen molar-refractivity contribution in [2.24, 2.45) is 0 Å². The van der Waals surface area contributed by atoms with E-state index in [1.165, 1.54) is 0 Å². The molecule has 0 unspecified atom stereocenters. The summed E-state index contributed by atoms with van der Waals surface area (Å²) in [4.78, 5) is 13.8. The van der Waals surface area contributed by atoms with Gasteiger partial charge >= 0.3 is 0 Å². The first-order valence-electron chi connectivity index (χ1n) is 7.37. The molecule has 0 spiro atoms. The van der Waals surface area contributed by atoms with Crippen molar-refractivity contribution in [3.8, 4) is 11.4 Å². The molecule has 0 aliphatic heterocycles. The number of hydrogen-bond acceptors (Lipinski definition) is 6. The first-order valence-corrected chi connectivity index (χ1v) is 8.19. The number of aryl methyl sites for hydroxylation is 1. The third kappa shape index (κ3) is 2.69. The molecular formula is C17H14N6S. The van der Waals surface area contributed by atoms with Gasteiger partial charge in [-0.3, -0.25) is 0 Å². The van der Waals surface area contributed by atoms with E-state index >= 15 is 0 Å². The van der Waals surface area contributed by atoms with Gasteiger partial charge in [-0.25, -0.2) is 19.5 Å². The fourth-order valence-corrected chi connectivity index (χ4v) is 3.28. The monoisotopic (exact) mass is 334 g/mol. The Bertz CT molecular complexity index is 1010. The number of fused-ring (bicyclic) bond motifs is 1. The third-order valence-electron chi connectivity index (χ3n) is 3.63. The van der Waals surface area contributed by atoms with Crippen molar-refractivity contribution in [3.63, 3.8) is 0 Å². The van der Waals surface area contributed by atoms with Crippen LogP contribution in [0.3, 0.4) is 0 Å². The van der Waals surface area contributed by atoms with E-state index in [0.29, 0.717) is 5.69 Å². The molecule has 0 saturated carbocycles. The van der Waals surface area contributed by atoms with Crippen LogP contribution in [0.5, 0.6) is 0 Å². The van der Waals surface area contributed by atoms with E-state index in [4.69, 9.17) is 5.73 Å². The van der Waals surface area contributed by atoms with Crippen LogP contribution in [0.2, 0.25) is 0 Å². The van der Waals surface area contributed by atoms with E-state index in [2.05, 4.69) is 32.2 Å². The van der Waals surface area contributed by atoms with E-state index in [0.717, 1.165) is 26.7 Å². The van der Waals surface area contributed by atoms with Crippen LogP contribution in [-0.4, -0.2) is 24.6 Å². The number of nitrogen functional groups attached to an aromatic ring is 1. The number of nitrogens with zero attached hydrogens (tertiary/aromatic N) is 5. The standard InChI is InChI=1S/C17H14N6S/c1-11-14-9-15(24-12-5-3-2-4-6-12)20-10-23(14)22-16(11)13-7-8-19-17(18)21-13/h2-10H,1H3,(H2,18,19,21). The van der Waals surface area contributed by atoms with Crippen molar-refractivity contribution in [2.75, 3.05) is 5.73 Å². The zero-order valence-electron chi connectivity index (χ0n) is 12.9. The van der Waals surface area contributed by atoms with Crippen LogP contribution in [0.1, 0.15) is 5.56 Å². The molecule has 6 nitrogen and oxygen atoms in total. The van der Waals surface area contributed by atoms with Crippen LogP contribution in [0.4, 0.5) is 5.95 Å². The van der Waals surface area contributed by atoms with Gasteiger partial charge in [0.05, 0.1) is 11.2 Å². The molecule has 2 N–H and O–H groups in total. The maximum Gasteiger partial charge on any atom is 0.220 e. The van der Waals surface area contributed by atoms with Crippen molar-refractivity contribution in [1.82, 2.24) is 24.6 Å². The number of hydrogen-bond donors (Lipinski definition) is 1. The summed E-state index contributed by atoms with van der Waals surface area (Å²) in [5.74, 6) is 0.238. The summed E-state index contributed by atoms with van der Waals surface area (Å²) in [6, 6.07) is 14.0. The smallest absolute Gasteiger partial charge is 0.220 e. The van der Waals surface area contributed by atoms with Crippen LogP contribution < -0.4 is 5.73 Å². The van der Waals surface area contributed by atoms with Gasteiger partial charge in [0.1, 0.15) is 17.0 Å². The summed E-state index contributed by atoms with van der Waals surface area (Å²) >= 11 is 1.62. The molecule has 0 bridgehead atoms. The van der Waals surface area contributed by atoms with Gasteiger partial charge in [0.25, 0.3) is 0 Å². The van der Waals surface area contributed by atoms with E-state index in [1.807, 2.05) is 31.2 Å². The minimum atomic E-state index is 0.238. The SMILES string of the molecule is Cc1c(-c2ccnc(N)n2)nn2cnc(Sc3ccccc3)cc12. The maximum absolute atomic E-state index is 5.68. The highest BCUT2D eigenvalue weighted by atomic mass is 32.2. The van der Waals surface area contributed by atoms with E-state index in [1.54, 1.807) is 34.9 Å². The number of benzene rings is 1. The van der Waals surface area contributed by atoms with Gasteiger partial charge in [0, 0.05) is 16.7 Å². The van der Waals surface area contributed by atoms with Crippen molar-refractivity contribution in [2.45, 2.75) is 16.8 Å². The summed E-state index contributed by atoms with van der Waals surface area (Å²) < 4.78 is 1.76. The fourth-order valence-electron chi connectivity index (χ4n) is 2.47. The summed E-state index contributed by atoms with van der Waals surface area (Å²) in [6.07, 6.45) is 3.36. The molecule has 0 radical (unpaired) electrons. The molecule has 0 aliphatic rings. The van der Waals surface area contributed by atoms with E-state index in [9.17, 15) is 0 Å². The van der Waals surface area contributed by atoms with Gasteiger partial charge in [-0.05, 0) is 31.2 Å². The zero-order chi connectivity index (χ0) is 16.5. The summed E-state index contributed by atoms with van der Waals surface area (Å²) in [7, 11) is 0. The maximum atomic E-state index is 5.68. The predicted molar refractivity (Wildman–Crippen MR) is 93.7 cm³/mol. The van der Waals surface area contributed by atoms with Crippen molar-refractivity contribution in [3.05, 3.63) is 60.6 Å². The Kier molecular flexibility index (Phi) is 3.62. The highest BCUT2D eigenvalue weighted by Crippen LogP contribution is 2.29. The Hall–Kier alpha value is -2.93. The molecule has 4 aromatic rings. The number of aromatic nitrogens is 5. The van der Waals surface area contributed by atoms with Gasteiger partial charge in [0.2, 0.25) is 5.95 Å². The molecule has 0 atom stereocenters. The fraction of sp³-hybridized carbons (Fsp3) is 0.0588. The molecule has 7 heteroatoms. The molecule has 24 heavy (non-hydrogen) atoms. The summed E-state index contributed by atoms with van der Waals surface area (Å²) in [5.41, 5.74) is 9.20. The molecule has 118 valence electrons. The van der Waals surface area contributed by atoms with E-state index < -0.39 is 0 Å². The van der Waals surface area contributed by atoms with Crippen LogP contribution in [0.25, 0.3) is 16.9 Å². The third-order valence-corrected chi connectivity index (χ3v) is 4.57. The highest BCUT2D eigenvalue weighted by molar-refractivity contribution is 7.99. The van der Waals surface area contributed by atoms with Gasteiger partial charge in [-0.2, -0.15) is 5.10 Å². The molecule has 0 fully saturated rings. The lowest BCUT2D eigenvalue weighted by molar-refractivity contribution is 0.893. The van der Waals surface area contributed by atoms with Crippen LogP contribution in [-0.2, 0) is 0 Å². The lowest BCUT2D eigenvalue weighted by Crippen LogP contribution is -1.96. The second kappa shape index (κ2) is 5.93. The summed E-state index contributed by atoms with van der Waals surface area (Å²) in [6.45, 7) is 2.02. The van der Waals surface area contributed by atoms with Crippen LogP contribution in [0, 0.1) is 6.92 Å². The van der Waals surface area contributed by atoms with Gasteiger partial charge in [-0.15, -0.1) is 0 Å². The van der Waals surface area contributed by atoms with Crippen LogP contribution in [0.15, 0.2) is 64.9 Å². The minimum absolute atomic E-state index is 0.238. The Balaban J connectivity index is 1.76. The average molecular weight is 334 g/mol. The summed E-state index contributed by atoms with van der Waals surface area (Å²) in [5, 5.41) is 5.49. The van der Waals surface area contributed by atoms with Crippen molar-refractivity contribution < 1.29 is 0 Å². The Morgan fingerprint density at radius 2 is 1.92 bits per heavy atom. The molecule has 0 amide bonds. The van der Waals surface area contributed by atoms with Gasteiger partial charge < -0.3 is 5.73 Å². The van der Waals surface area contributed by atoms with Gasteiger partial charge in [-0.1, -0.05) is 30.0 Å². The molecule has 3 heterocycles. The molecular weight excluding hydrogens is 320 g/mol. The molecule has 0 aliphatic carbocycles. The zero-order valence-corrected chi connectivity index (χ0v) is 13.7. The van der Waals surface area contributed by atoms with Crippen LogP contribution >= 0.6 is 11.8 Å². The molecule has 4 rings (SSSR count). The highest BCUT2D eigenvalue weighted by Gasteiger charge is 2.13. The number of nitrogens with two attached hydrogens (primary N) is 1.